The first-order chi connectivity index (χ1) is 10.5. The highest BCUT2D eigenvalue weighted by Crippen LogP contribution is 2.32. The molecule has 0 saturated carbocycles. The van der Waals surface area contributed by atoms with E-state index in [9.17, 15) is 9.59 Å². The number of carbonyl (C=O) groups is 2. The highest BCUT2D eigenvalue weighted by atomic mass is 35.5. The van der Waals surface area contributed by atoms with E-state index in [1.165, 1.54) is 0 Å². The van der Waals surface area contributed by atoms with Gasteiger partial charge in [-0.05, 0) is 37.1 Å². The summed E-state index contributed by atoms with van der Waals surface area (Å²) in [7, 11) is 0. The van der Waals surface area contributed by atoms with Crippen molar-refractivity contribution in [1.82, 2.24) is 4.90 Å². The molecule has 1 aromatic carbocycles. The molecule has 2 aliphatic heterocycles. The van der Waals surface area contributed by atoms with Crippen molar-refractivity contribution >= 4 is 29.1 Å². The molecule has 116 valence electrons. The minimum Gasteiger partial charge on any atom is -0.378 e. The standard InChI is InChI=1S/C16H17ClN2O3/c1-10-7-11(2)9-12(8-10)19-15(20)13(17)14(16(19)21)18-3-5-22-6-4-18/h7-9H,3-6H2,1-2H3. The Labute approximate surface area is 134 Å². The summed E-state index contributed by atoms with van der Waals surface area (Å²) in [6, 6.07) is 5.62. The second-order valence-corrected chi connectivity index (χ2v) is 5.93. The van der Waals surface area contributed by atoms with Gasteiger partial charge in [-0.2, -0.15) is 0 Å². The average molecular weight is 321 g/mol. The van der Waals surface area contributed by atoms with Crippen molar-refractivity contribution in [3.63, 3.8) is 0 Å². The normalized spacial score (nSPS) is 19.4. The van der Waals surface area contributed by atoms with Crippen molar-refractivity contribution in [1.29, 1.82) is 0 Å². The highest BCUT2D eigenvalue weighted by Gasteiger charge is 2.41. The van der Waals surface area contributed by atoms with Gasteiger partial charge in [0, 0.05) is 13.1 Å². The molecule has 0 spiro atoms. The third kappa shape index (κ3) is 2.51. The maximum absolute atomic E-state index is 12.7. The number of imide groups is 1. The Hall–Kier alpha value is -1.85. The zero-order valence-electron chi connectivity index (χ0n) is 12.6. The van der Waals surface area contributed by atoms with Gasteiger partial charge in [-0.15, -0.1) is 0 Å². The van der Waals surface area contributed by atoms with Gasteiger partial charge in [0.15, 0.2) is 0 Å². The van der Waals surface area contributed by atoms with Crippen LogP contribution in [0.3, 0.4) is 0 Å². The zero-order valence-corrected chi connectivity index (χ0v) is 13.3. The second-order valence-electron chi connectivity index (χ2n) is 5.55. The van der Waals surface area contributed by atoms with Gasteiger partial charge in [-0.1, -0.05) is 17.7 Å². The lowest BCUT2D eigenvalue weighted by Crippen LogP contribution is -2.40. The van der Waals surface area contributed by atoms with E-state index in [0.717, 1.165) is 16.0 Å². The molecular weight excluding hydrogens is 304 g/mol. The van der Waals surface area contributed by atoms with Gasteiger partial charge in [-0.3, -0.25) is 9.59 Å². The summed E-state index contributed by atoms with van der Waals surface area (Å²) in [5.74, 6) is -0.819. The lowest BCUT2D eigenvalue weighted by Gasteiger charge is -2.29. The van der Waals surface area contributed by atoms with Gasteiger partial charge >= 0.3 is 0 Å². The first kappa shape index (κ1) is 15.1. The van der Waals surface area contributed by atoms with Crippen LogP contribution in [0.1, 0.15) is 11.1 Å². The minimum atomic E-state index is -0.460. The van der Waals surface area contributed by atoms with Gasteiger partial charge in [0.1, 0.15) is 10.7 Å². The van der Waals surface area contributed by atoms with E-state index in [-0.39, 0.29) is 16.6 Å². The predicted molar refractivity (Wildman–Crippen MR) is 83.7 cm³/mol. The van der Waals surface area contributed by atoms with E-state index in [1.807, 2.05) is 36.9 Å². The summed E-state index contributed by atoms with van der Waals surface area (Å²) in [5, 5.41) is -0.00828. The summed E-state index contributed by atoms with van der Waals surface area (Å²) in [6.45, 7) is 6.03. The Balaban J connectivity index is 1.96. The number of rotatable bonds is 2. The molecule has 22 heavy (non-hydrogen) atoms. The first-order valence-electron chi connectivity index (χ1n) is 7.18. The number of hydrogen-bond acceptors (Lipinski definition) is 4. The Morgan fingerprint density at radius 1 is 1.00 bits per heavy atom. The quantitative estimate of drug-likeness (QED) is 0.782. The number of carbonyl (C=O) groups excluding carboxylic acids is 2. The van der Waals surface area contributed by atoms with Crippen molar-refractivity contribution in [2.24, 2.45) is 0 Å². The van der Waals surface area contributed by atoms with E-state index in [1.54, 1.807) is 0 Å². The highest BCUT2D eigenvalue weighted by molar-refractivity contribution is 6.52. The fourth-order valence-electron chi connectivity index (χ4n) is 2.87. The van der Waals surface area contributed by atoms with Crippen LogP contribution in [-0.4, -0.2) is 43.0 Å². The smallest absolute Gasteiger partial charge is 0.283 e. The van der Waals surface area contributed by atoms with E-state index in [4.69, 9.17) is 16.3 Å². The van der Waals surface area contributed by atoms with Crippen LogP contribution >= 0.6 is 11.6 Å². The van der Waals surface area contributed by atoms with Crippen LogP contribution < -0.4 is 4.90 Å². The number of aryl methyl sites for hydroxylation is 2. The van der Waals surface area contributed by atoms with Crippen LogP contribution in [0, 0.1) is 13.8 Å². The van der Waals surface area contributed by atoms with Crippen LogP contribution in [0.5, 0.6) is 0 Å². The summed E-state index contributed by atoms with van der Waals surface area (Å²) < 4.78 is 5.28. The van der Waals surface area contributed by atoms with Gasteiger partial charge in [0.05, 0.1) is 18.9 Å². The number of morpholine rings is 1. The molecule has 0 aliphatic carbocycles. The molecular formula is C16H17ClN2O3. The van der Waals surface area contributed by atoms with Crippen LogP contribution in [0.4, 0.5) is 5.69 Å². The third-order valence-corrected chi connectivity index (χ3v) is 4.14. The molecule has 0 radical (unpaired) electrons. The molecule has 1 fully saturated rings. The summed E-state index contributed by atoms with van der Waals surface area (Å²) in [4.78, 5) is 28.2. The van der Waals surface area contributed by atoms with Crippen LogP contribution in [0.25, 0.3) is 0 Å². The largest absolute Gasteiger partial charge is 0.378 e. The molecule has 2 heterocycles. The van der Waals surface area contributed by atoms with Crippen LogP contribution in [0.15, 0.2) is 28.9 Å². The zero-order chi connectivity index (χ0) is 15.9. The van der Waals surface area contributed by atoms with Gasteiger partial charge in [-0.25, -0.2) is 4.90 Å². The lowest BCUT2D eigenvalue weighted by molar-refractivity contribution is -0.121. The molecule has 1 aromatic rings. The van der Waals surface area contributed by atoms with Gasteiger partial charge in [0.25, 0.3) is 11.8 Å². The van der Waals surface area contributed by atoms with Gasteiger partial charge in [0.2, 0.25) is 0 Å². The number of halogens is 1. The topological polar surface area (TPSA) is 49.9 Å². The van der Waals surface area contributed by atoms with Crippen molar-refractivity contribution in [2.45, 2.75) is 13.8 Å². The Kier molecular flexibility index (Phi) is 3.93. The van der Waals surface area contributed by atoms with Crippen LogP contribution in [-0.2, 0) is 14.3 Å². The van der Waals surface area contributed by atoms with Crippen LogP contribution in [0.2, 0.25) is 0 Å². The number of nitrogens with zero attached hydrogens (tertiary/aromatic N) is 2. The van der Waals surface area contributed by atoms with E-state index < -0.39 is 5.91 Å². The molecule has 0 unspecified atom stereocenters. The lowest BCUT2D eigenvalue weighted by atomic mass is 10.1. The molecule has 5 nitrogen and oxygen atoms in total. The maximum atomic E-state index is 12.7. The minimum absolute atomic E-state index is 0.00828. The van der Waals surface area contributed by atoms with Crippen molar-refractivity contribution in [2.75, 3.05) is 31.2 Å². The summed E-state index contributed by atoms with van der Waals surface area (Å²) in [5.41, 5.74) is 2.83. The monoisotopic (exact) mass is 320 g/mol. The Bertz CT molecular complexity index is 658. The number of hydrogen-bond donors (Lipinski definition) is 0. The Morgan fingerprint density at radius 3 is 2.18 bits per heavy atom. The second kappa shape index (κ2) is 5.74. The molecule has 1 saturated heterocycles. The molecule has 3 rings (SSSR count). The van der Waals surface area contributed by atoms with Crippen molar-refractivity contribution in [3.8, 4) is 0 Å². The number of ether oxygens (including phenoxy) is 1. The average Bonchev–Trinajstić information content (AvgIpc) is 2.69. The number of amides is 2. The fraction of sp³-hybridized carbons (Fsp3) is 0.375. The number of benzene rings is 1. The Morgan fingerprint density at radius 2 is 1.59 bits per heavy atom. The molecule has 0 N–H and O–H groups in total. The predicted octanol–water partition coefficient (Wildman–Crippen LogP) is 1.96. The number of anilines is 1. The van der Waals surface area contributed by atoms with Gasteiger partial charge < -0.3 is 9.64 Å². The van der Waals surface area contributed by atoms with Crippen molar-refractivity contribution < 1.29 is 14.3 Å². The van der Waals surface area contributed by atoms with E-state index >= 15 is 0 Å². The van der Waals surface area contributed by atoms with E-state index in [2.05, 4.69) is 0 Å². The molecule has 0 atom stereocenters. The maximum Gasteiger partial charge on any atom is 0.283 e. The molecule has 0 aromatic heterocycles. The first-order valence-corrected chi connectivity index (χ1v) is 7.56. The fourth-order valence-corrected chi connectivity index (χ4v) is 3.15. The summed E-state index contributed by atoms with van der Waals surface area (Å²) >= 11 is 6.17. The SMILES string of the molecule is Cc1cc(C)cc(N2C(=O)C(Cl)=C(N3CCOCC3)C2=O)c1. The van der Waals surface area contributed by atoms with Crippen molar-refractivity contribution in [3.05, 3.63) is 40.1 Å². The third-order valence-electron chi connectivity index (χ3n) is 3.80. The molecule has 2 amide bonds. The van der Waals surface area contributed by atoms with E-state index in [0.29, 0.717) is 32.0 Å². The molecule has 0 bridgehead atoms. The summed E-state index contributed by atoms with van der Waals surface area (Å²) in [6.07, 6.45) is 0. The molecule has 2 aliphatic rings. The molecule has 6 heteroatoms.